The average molecular weight is 470 g/mol. The minimum absolute atomic E-state index is 0. The van der Waals surface area contributed by atoms with Crippen LogP contribution in [0.3, 0.4) is 0 Å². The van der Waals surface area contributed by atoms with Crippen molar-refractivity contribution in [2.24, 2.45) is 5.73 Å². The number of ether oxygens (including phenoxy) is 1. The number of hydrogen-bond acceptors (Lipinski definition) is 7. The van der Waals surface area contributed by atoms with E-state index >= 15 is 0 Å². The van der Waals surface area contributed by atoms with E-state index in [9.17, 15) is 13.2 Å². The number of nitrogens with one attached hydrogen (secondary N) is 1. The van der Waals surface area contributed by atoms with E-state index in [0.717, 1.165) is 5.82 Å². The quantitative estimate of drug-likeness (QED) is 0.601. The van der Waals surface area contributed by atoms with Crippen LogP contribution in [0.1, 0.15) is 12.8 Å². The van der Waals surface area contributed by atoms with Gasteiger partial charge in [0.05, 0.1) is 11.3 Å². The molecule has 3 rings (SSSR count). The highest BCUT2D eigenvalue weighted by atomic mass is 35.5. The predicted molar refractivity (Wildman–Crippen MR) is 116 cm³/mol. The summed E-state index contributed by atoms with van der Waals surface area (Å²) in [6, 6.07) is 5.68. The first-order valence-corrected chi connectivity index (χ1v) is 10.8. The lowest BCUT2D eigenvalue weighted by atomic mass is 9.90. The van der Waals surface area contributed by atoms with Crippen LogP contribution >= 0.6 is 24.8 Å². The van der Waals surface area contributed by atoms with E-state index in [1.54, 1.807) is 6.20 Å². The number of anilines is 1. The molecule has 0 bridgehead atoms. The van der Waals surface area contributed by atoms with Crippen molar-refractivity contribution < 1.29 is 17.9 Å². The molecular weight excluding hydrogens is 441 g/mol. The van der Waals surface area contributed by atoms with Crippen LogP contribution in [-0.2, 0) is 19.6 Å². The maximum Gasteiger partial charge on any atom is 0.240 e. The number of nitrogens with zero attached hydrogens (tertiary/aromatic N) is 3. The summed E-state index contributed by atoms with van der Waals surface area (Å²) in [7, 11) is -3.43. The van der Waals surface area contributed by atoms with E-state index < -0.39 is 15.6 Å². The fraction of sp³-hybridized carbons (Fsp3) is 0.647. The highest BCUT2D eigenvalue weighted by Gasteiger charge is 2.36. The summed E-state index contributed by atoms with van der Waals surface area (Å²) < 4.78 is 31.8. The Labute approximate surface area is 184 Å². The number of nitrogens with two attached hydrogens (primary N) is 1. The molecular formula is C17H29Cl2N5O4S. The molecule has 9 nitrogen and oxygen atoms in total. The molecule has 1 aromatic heterocycles. The highest BCUT2D eigenvalue weighted by molar-refractivity contribution is 7.89. The molecule has 12 heteroatoms. The highest BCUT2D eigenvalue weighted by Crippen LogP contribution is 2.18. The zero-order valence-corrected chi connectivity index (χ0v) is 18.6. The average Bonchev–Trinajstić information content (AvgIpc) is 2.69. The largest absolute Gasteiger partial charge is 0.381 e. The maximum absolute atomic E-state index is 12.6. The standard InChI is InChI=1S/C17H27N5O4S.2ClH/c18-17(4-12-26-13-5-17)16(23)20-7-14-27(24,25)22-10-8-21(9-11-22)15-3-1-2-6-19-15;;/h1-3,6H,4-5,7-14,18H2,(H,20,23);2*1H. The molecule has 0 saturated carbocycles. The van der Waals surface area contributed by atoms with Crippen LogP contribution in [0.2, 0.25) is 0 Å². The number of carbonyl (C=O) groups excluding carboxylic acids is 1. The molecule has 0 atom stereocenters. The van der Waals surface area contributed by atoms with Crippen LogP contribution in [-0.4, -0.2) is 80.8 Å². The molecule has 0 aromatic carbocycles. The molecule has 29 heavy (non-hydrogen) atoms. The first kappa shape index (κ1) is 25.9. The van der Waals surface area contributed by atoms with Gasteiger partial charge in [-0.15, -0.1) is 24.8 Å². The molecule has 0 unspecified atom stereocenters. The van der Waals surface area contributed by atoms with Gasteiger partial charge in [-0.3, -0.25) is 4.79 Å². The van der Waals surface area contributed by atoms with Gasteiger partial charge in [0, 0.05) is 52.1 Å². The number of aromatic nitrogens is 1. The SMILES string of the molecule is Cl.Cl.NC1(C(=O)NCCS(=O)(=O)N2CCN(c3ccccn3)CC2)CCOCC1. The second-order valence-electron chi connectivity index (χ2n) is 6.91. The van der Waals surface area contributed by atoms with Gasteiger partial charge in [-0.2, -0.15) is 4.31 Å². The van der Waals surface area contributed by atoms with E-state index in [4.69, 9.17) is 10.5 Å². The molecule has 0 radical (unpaired) electrons. The van der Waals surface area contributed by atoms with E-state index in [0.29, 0.717) is 52.2 Å². The number of hydrogen-bond donors (Lipinski definition) is 2. The summed E-state index contributed by atoms with van der Waals surface area (Å²) in [5.41, 5.74) is 5.14. The number of carbonyl (C=O) groups is 1. The Morgan fingerprint density at radius 3 is 2.41 bits per heavy atom. The van der Waals surface area contributed by atoms with E-state index in [1.165, 1.54) is 4.31 Å². The second kappa shape index (κ2) is 11.3. The molecule has 1 aromatic rings. The van der Waals surface area contributed by atoms with Gasteiger partial charge < -0.3 is 20.7 Å². The van der Waals surface area contributed by atoms with Crippen molar-refractivity contribution in [2.75, 3.05) is 56.6 Å². The Kier molecular flexibility index (Phi) is 10.1. The van der Waals surface area contributed by atoms with Crippen LogP contribution in [0.4, 0.5) is 5.82 Å². The van der Waals surface area contributed by atoms with Gasteiger partial charge in [-0.1, -0.05) is 6.07 Å². The summed E-state index contributed by atoms with van der Waals surface area (Å²) in [6.07, 6.45) is 2.62. The first-order valence-electron chi connectivity index (χ1n) is 9.19. The minimum atomic E-state index is -3.43. The molecule has 2 aliphatic heterocycles. The molecule has 0 spiro atoms. The van der Waals surface area contributed by atoms with Gasteiger partial charge in [-0.05, 0) is 25.0 Å². The zero-order valence-electron chi connectivity index (χ0n) is 16.2. The Morgan fingerprint density at radius 1 is 1.17 bits per heavy atom. The molecule has 1 amide bonds. The van der Waals surface area contributed by atoms with Crippen molar-refractivity contribution in [3.8, 4) is 0 Å². The van der Waals surface area contributed by atoms with Crippen molar-refractivity contribution in [1.82, 2.24) is 14.6 Å². The number of pyridine rings is 1. The topological polar surface area (TPSA) is 118 Å². The number of rotatable bonds is 6. The minimum Gasteiger partial charge on any atom is -0.381 e. The van der Waals surface area contributed by atoms with Crippen LogP contribution in [0.25, 0.3) is 0 Å². The summed E-state index contributed by atoms with van der Waals surface area (Å²) in [4.78, 5) is 18.6. The molecule has 2 fully saturated rings. The molecule has 3 N–H and O–H groups in total. The fourth-order valence-electron chi connectivity index (χ4n) is 3.30. The Bertz CT molecular complexity index is 739. The van der Waals surface area contributed by atoms with Crippen LogP contribution in [0.15, 0.2) is 24.4 Å². The summed E-state index contributed by atoms with van der Waals surface area (Å²) >= 11 is 0. The third-order valence-corrected chi connectivity index (χ3v) is 6.96. The lowest BCUT2D eigenvalue weighted by molar-refractivity contribution is -0.129. The summed E-state index contributed by atoms with van der Waals surface area (Å²) in [5, 5.41) is 2.68. The molecule has 2 saturated heterocycles. The van der Waals surface area contributed by atoms with Crippen LogP contribution < -0.4 is 16.0 Å². The molecule has 2 aliphatic rings. The smallest absolute Gasteiger partial charge is 0.240 e. The van der Waals surface area contributed by atoms with Gasteiger partial charge in [-0.25, -0.2) is 13.4 Å². The molecule has 0 aliphatic carbocycles. The third-order valence-electron chi connectivity index (χ3n) is 5.09. The summed E-state index contributed by atoms with van der Waals surface area (Å²) in [6.45, 7) is 2.95. The Morgan fingerprint density at radius 2 is 1.83 bits per heavy atom. The zero-order chi connectivity index (χ0) is 19.3. The van der Waals surface area contributed by atoms with Gasteiger partial charge in [0.2, 0.25) is 15.9 Å². The van der Waals surface area contributed by atoms with Gasteiger partial charge in [0.1, 0.15) is 5.82 Å². The fourth-order valence-corrected chi connectivity index (χ4v) is 4.64. The lowest BCUT2D eigenvalue weighted by Gasteiger charge is -2.35. The maximum atomic E-state index is 12.6. The predicted octanol–water partition coefficient (Wildman–Crippen LogP) is 0.00110. The van der Waals surface area contributed by atoms with E-state index in [-0.39, 0.29) is 43.0 Å². The van der Waals surface area contributed by atoms with Crippen LogP contribution in [0.5, 0.6) is 0 Å². The Balaban J connectivity index is 0.00000210. The normalized spacial score (nSPS) is 19.6. The number of halogens is 2. The van der Waals surface area contributed by atoms with E-state index in [2.05, 4.69) is 15.2 Å². The number of amides is 1. The number of sulfonamides is 1. The summed E-state index contributed by atoms with van der Waals surface area (Å²) in [5.74, 6) is 0.419. The molecule has 166 valence electrons. The number of piperazine rings is 1. The van der Waals surface area contributed by atoms with Crippen molar-refractivity contribution in [1.29, 1.82) is 0 Å². The van der Waals surface area contributed by atoms with Gasteiger partial charge >= 0.3 is 0 Å². The second-order valence-corrected chi connectivity index (χ2v) is 9.00. The molecule has 3 heterocycles. The Hall–Kier alpha value is -1.17. The van der Waals surface area contributed by atoms with Crippen LogP contribution in [0, 0.1) is 0 Å². The van der Waals surface area contributed by atoms with Gasteiger partial charge in [0.15, 0.2) is 0 Å². The van der Waals surface area contributed by atoms with E-state index in [1.807, 2.05) is 18.2 Å². The van der Waals surface area contributed by atoms with Crippen molar-refractivity contribution >= 4 is 46.6 Å². The lowest BCUT2D eigenvalue weighted by Crippen LogP contribution is -2.57. The van der Waals surface area contributed by atoms with Crippen molar-refractivity contribution in [2.45, 2.75) is 18.4 Å². The third kappa shape index (κ3) is 6.66. The monoisotopic (exact) mass is 469 g/mol. The van der Waals surface area contributed by atoms with Gasteiger partial charge in [0.25, 0.3) is 0 Å². The van der Waals surface area contributed by atoms with Crippen molar-refractivity contribution in [3.63, 3.8) is 0 Å². The first-order chi connectivity index (χ1) is 12.9. The van der Waals surface area contributed by atoms with Crippen molar-refractivity contribution in [3.05, 3.63) is 24.4 Å².